The number of carbonyl (C=O) groups excluding carboxylic acids is 2. The summed E-state index contributed by atoms with van der Waals surface area (Å²) in [5.41, 5.74) is 7.19. The van der Waals surface area contributed by atoms with Gasteiger partial charge in [0.1, 0.15) is 0 Å². The fourth-order valence-corrected chi connectivity index (χ4v) is 1.33. The molecule has 92 valence electrons. The summed E-state index contributed by atoms with van der Waals surface area (Å²) in [6, 6.07) is 5.07. The van der Waals surface area contributed by atoms with Gasteiger partial charge in [-0.15, -0.1) is 0 Å². The molecule has 0 saturated carbocycles. The highest BCUT2D eigenvalue weighted by atomic mass is 16.5. The summed E-state index contributed by atoms with van der Waals surface area (Å²) in [5.74, 6) is -0.952. The SMILES string of the molecule is CNC(=O)C(C)OC(=O)c1cc(C)ccc1N. The zero-order valence-corrected chi connectivity index (χ0v) is 10.1. The monoisotopic (exact) mass is 236 g/mol. The van der Waals surface area contributed by atoms with Crippen LogP contribution in [-0.4, -0.2) is 25.0 Å². The Kier molecular flexibility index (Phi) is 4.09. The third-order valence-electron chi connectivity index (χ3n) is 2.33. The van der Waals surface area contributed by atoms with Crippen molar-refractivity contribution in [1.29, 1.82) is 0 Å². The number of benzene rings is 1. The first-order chi connectivity index (χ1) is 7.95. The zero-order chi connectivity index (χ0) is 13.0. The summed E-state index contributed by atoms with van der Waals surface area (Å²) in [7, 11) is 1.48. The molecule has 0 fully saturated rings. The minimum atomic E-state index is -0.840. The molecule has 0 saturated heterocycles. The lowest BCUT2D eigenvalue weighted by atomic mass is 10.1. The van der Waals surface area contributed by atoms with E-state index in [1.807, 2.05) is 6.92 Å². The van der Waals surface area contributed by atoms with Crippen molar-refractivity contribution in [2.45, 2.75) is 20.0 Å². The van der Waals surface area contributed by atoms with Gasteiger partial charge >= 0.3 is 5.97 Å². The molecular weight excluding hydrogens is 220 g/mol. The third kappa shape index (κ3) is 3.21. The predicted octanol–water partition coefficient (Wildman–Crippen LogP) is 0.869. The fourth-order valence-electron chi connectivity index (χ4n) is 1.33. The van der Waals surface area contributed by atoms with Gasteiger partial charge in [0, 0.05) is 12.7 Å². The van der Waals surface area contributed by atoms with Crippen LogP contribution in [0.15, 0.2) is 18.2 Å². The number of nitrogens with one attached hydrogen (secondary N) is 1. The summed E-state index contributed by atoms with van der Waals surface area (Å²) < 4.78 is 4.99. The van der Waals surface area contributed by atoms with Crippen molar-refractivity contribution in [3.63, 3.8) is 0 Å². The minimum absolute atomic E-state index is 0.278. The van der Waals surface area contributed by atoms with Crippen LogP contribution in [-0.2, 0) is 9.53 Å². The first kappa shape index (κ1) is 13.0. The normalized spacial score (nSPS) is 11.7. The number of likely N-dealkylation sites (N-methyl/N-ethyl adjacent to an activating group) is 1. The zero-order valence-electron chi connectivity index (χ0n) is 10.1. The van der Waals surface area contributed by atoms with Crippen LogP contribution in [0.4, 0.5) is 5.69 Å². The predicted molar refractivity (Wildman–Crippen MR) is 64.5 cm³/mol. The van der Waals surface area contributed by atoms with E-state index in [1.54, 1.807) is 18.2 Å². The molecule has 0 bridgehead atoms. The minimum Gasteiger partial charge on any atom is -0.449 e. The number of nitrogens with two attached hydrogens (primary N) is 1. The lowest BCUT2D eigenvalue weighted by molar-refractivity contribution is -0.128. The molecule has 17 heavy (non-hydrogen) atoms. The number of anilines is 1. The number of carbonyl (C=O) groups is 2. The van der Waals surface area contributed by atoms with Crippen molar-refractivity contribution in [2.24, 2.45) is 0 Å². The van der Waals surface area contributed by atoms with E-state index in [1.165, 1.54) is 14.0 Å². The Hall–Kier alpha value is -2.04. The Balaban J connectivity index is 2.83. The first-order valence-electron chi connectivity index (χ1n) is 5.24. The quantitative estimate of drug-likeness (QED) is 0.602. The molecule has 5 heteroatoms. The number of nitrogen functional groups attached to an aromatic ring is 1. The molecule has 5 nitrogen and oxygen atoms in total. The van der Waals surface area contributed by atoms with Crippen LogP contribution in [0, 0.1) is 6.92 Å². The second-order valence-corrected chi connectivity index (χ2v) is 3.75. The second-order valence-electron chi connectivity index (χ2n) is 3.75. The Labute approximate surface area is 99.9 Å². The highest BCUT2D eigenvalue weighted by Crippen LogP contribution is 2.15. The molecule has 0 aromatic heterocycles. The maximum atomic E-state index is 11.8. The number of hydrogen-bond acceptors (Lipinski definition) is 4. The van der Waals surface area contributed by atoms with Crippen LogP contribution in [0.25, 0.3) is 0 Å². The molecule has 1 aromatic rings. The van der Waals surface area contributed by atoms with E-state index in [9.17, 15) is 9.59 Å². The van der Waals surface area contributed by atoms with E-state index < -0.39 is 12.1 Å². The third-order valence-corrected chi connectivity index (χ3v) is 2.33. The number of aryl methyl sites for hydroxylation is 1. The van der Waals surface area contributed by atoms with Crippen LogP contribution in [0.1, 0.15) is 22.8 Å². The van der Waals surface area contributed by atoms with Crippen molar-refractivity contribution in [1.82, 2.24) is 5.32 Å². The second kappa shape index (κ2) is 5.34. The van der Waals surface area contributed by atoms with E-state index in [4.69, 9.17) is 10.5 Å². The molecule has 1 unspecified atom stereocenters. The van der Waals surface area contributed by atoms with Crippen LogP contribution >= 0.6 is 0 Å². The van der Waals surface area contributed by atoms with Gasteiger partial charge < -0.3 is 15.8 Å². The molecule has 1 rings (SSSR count). The lowest BCUT2D eigenvalue weighted by Gasteiger charge is -2.12. The number of esters is 1. The number of hydrogen-bond donors (Lipinski definition) is 2. The van der Waals surface area contributed by atoms with Crippen LogP contribution in [0.2, 0.25) is 0 Å². The van der Waals surface area contributed by atoms with E-state index in [0.717, 1.165) is 5.56 Å². The highest BCUT2D eigenvalue weighted by molar-refractivity contribution is 5.96. The average Bonchev–Trinajstić information content (AvgIpc) is 2.30. The largest absolute Gasteiger partial charge is 0.449 e. The van der Waals surface area contributed by atoms with E-state index >= 15 is 0 Å². The van der Waals surface area contributed by atoms with Gasteiger partial charge in [-0.05, 0) is 26.0 Å². The topological polar surface area (TPSA) is 81.4 Å². The molecule has 1 amide bonds. The maximum Gasteiger partial charge on any atom is 0.341 e. The van der Waals surface area contributed by atoms with E-state index in [-0.39, 0.29) is 11.5 Å². The van der Waals surface area contributed by atoms with Gasteiger partial charge in [0.2, 0.25) is 0 Å². The van der Waals surface area contributed by atoms with Crippen molar-refractivity contribution < 1.29 is 14.3 Å². The van der Waals surface area contributed by atoms with Crippen molar-refractivity contribution in [3.8, 4) is 0 Å². The van der Waals surface area contributed by atoms with Crippen molar-refractivity contribution >= 4 is 17.6 Å². The molecular formula is C12H16N2O3. The average molecular weight is 236 g/mol. The summed E-state index contributed by atoms with van der Waals surface area (Å²) in [5, 5.41) is 2.40. The molecule has 1 aromatic carbocycles. The smallest absolute Gasteiger partial charge is 0.341 e. The Morgan fingerprint density at radius 2 is 2.06 bits per heavy atom. The van der Waals surface area contributed by atoms with Crippen LogP contribution in [0.5, 0.6) is 0 Å². The molecule has 0 radical (unpaired) electrons. The lowest BCUT2D eigenvalue weighted by Crippen LogP contribution is -2.33. The van der Waals surface area contributed by atoms with Gasteiger partial charge in [-0.3, -0.25) is 4.79 Å². The number of rotatable bonds is 3. The summed E-state index contributed by atoms with van der Waals surface area (Å²) >= 11 is 0. The summed E-state index contributed by atoms with van der Waals surface area (Å²) in [6.07, 6.45) is -0.840. The molecule has 0 aliphatic carbocycles. The van der Waals surface area contributed by atoms with Gasteiger partial charge in [0.15, 0.2) is 6.10 Å². The Morgan fingerprint density at radius 1 is 1.41 bits per heavy atom. The van der Waals surface area contributed by atoms with Crippen molar-refractivity contribution in [3.05, 3.63) is 29.3 Å². The molecule has 0 aliphatic rings. The Bertz CT molecular complexity index is 443. The fraction of sp³-hybridized carbons (Fsp3) is 0.333. The molecule has 0 heterocycles. The van der Waals surface area contributed by atoms with Gasteiger partial charge in [0.05, 0.1) is 5.56 Å². The van der Waals surface area contributed by atoms with Gasteiger partial charge in [0.25, 0.3) is 5.91 Å². The number of ether oxygens (including phenoxy) is 1. The molecule has 3 N–H and O–H groups in total. The number of amides is 1. The molecule has 0 spiro atoms. The van der Waals surface area contributed by atoms with Gasteiger partial charge in [-0.1, -0.05) is 11.6 Å². The highest BCUT2D eigenvalue weighted by Gasteiger charge is 2.19. The van der Waals surface area contributed by atoms with Crippen LogP contribution in [0.3, 0.4) is 0 Å². The van der Waals surface area contributed by atoms with Gasteiger partial charge in [-0.25, -0.2) is 4.79 Å². The van der Waals surface area contributed by atoms with E-state index in [0.29, 0.717) is 5.69 Å². The summed E-state index contributed by atoms with van der Waals surface area (Å²) in [6.45, 7) is 3.35. The molecule has 1 atom stereocenters. The van der Waals surface area contributed by atoms with E-state index in [2.05, 4.69) is 5.32 Å². The van der Waals surface area contributed by atoms with Gasteiger partial charge in [-0.2, -0.15) is 0 Å². The maximum absolute atomic E-state index is 11.8. The van der Waals surface area contributed by atoms with Crippen molar-refractivity contribution in [2.75, 3.05) is 12.8 Å². The molecule has 0 aliphatic heterocycles. The van der Waals surface area contributed by atoms with Crippen LogP contribution < -0.4 is 11.1 Å². The first-order valence-corrected chi connectivity index (χ1v) is 5.24. The standard InChI is InChI=1S/C12H16N2O3/c1-7-4-5-10(13)9(6-7)12(16)17-8(2)11(15)14-3/h4-6,8H,13H2,1-3H3,(H,14,15). The summed E-state index contributed by atoms with van der Waals surface area (Å²) in [4.78, 5) is 23.0. The Morgan fingerprint density at radius 3 is 2.65 bits per heavy atom.